The maximum absolute atomic E-state index is 13.1. The average Bonchev–Trinajstić information content (AvgIpc) is 1.48. The molecule has 19 heteroatoms. The zero-order valence-corrected chi connectivity index (χ0v) is 63.4. The van der Waals surface area contributed by atoms with E-state index < -0.39 is 97.5 Å². The predicted molar refractivity (Wildman–Crippen MR) is 381 cm³/mol. The van der Waals surface area contributed by atoms with Crippen molar-refractivity contribution in [2.45, 2.75) is 395 Å². The minimum absolute atomic E-state index is 0.104. The molecule has 17 nitrogen and oxygen atoms in total. The fourth-order valence-electron chi connectivity index (χ4n) is 11.3. The second kappa shape index (κ2) is 64.4. The summed E-state index contributed by atoms with van der Waals surface area (Å²) >= 11 is 0. The van der Waals surface area contributed by atoms with E-state index in [1.807, 2.05) is 0 Å². The monoisotopic (exact) mass is 1380 g/mol. The second-order valence-electron chi connectivity index (χ2n) is 28.5. The number of carbonyl (C=O) groups is 4. The van der Waals surface area contributed by atoms with Gasteiger partial charge in [-0.25, -0.2) is 9.13 Å². The van der Waals surface area contributed by atoms with Crippen LogP contribution in [0.1, 0.15) is 376 Å². The zero-order chi connectivity index (χ0) is 69.6. The minimum atomic E-state index is -4.96. The highest BCUT2D eigenvalue weighted by Crippen LogP contribution is 2.45. The summed E-state index contributed by atoms with van der Waals surface area (Å²) in [6, 6.07) is 0. The van der Waals surface area contributed by atoms with Gasteiger partial charge in [-0.1, -0.05) is 325 Å². The molecule has 4 unspecified atom stereocenters. The molecule has 0 rings (SSSR count). The molecule has 0 bridgehead atoms. The highest BCUT2D eigenvalue weighted by atomic mass is 31.2. The van der Waals surface area contributed by atoms with Crippen LogP contribution in [0.5, 0.6) is 0 Å². The number of esters is 4. The Morgan fingerprint density at radius 2 is 0.511 bits per heavy atom. The van der Waals surface area contributed by atoms with Crippen molar-refractivity contribution < 1.29 is 80.2 Å². The molecule has 3 N–H and O–H groups in total. The Morgan fingerprint density at radius 3 is 0.755 bits per heavy atom. The topological polar surface area (TPSA) is 237 Å². The van der Waals surface area contributed by atoms with Crippen molar-refractivity contribution in [1.29, 1.82) is 0 Å². The van der Waals surface area contributed by atoms with Crippen LogP contribution in [0.4, 0.5) is 0 Å². The van der Waals surface area contributed by atoms with Crippen molar-refractivity contribution in [3.05, 3.63) is 0 Å². The van der Waals surface area contributed by atoms with Crippen LogP contribution in [0.15, 0.2) is 0 Å². The van der Waals surface area contributed by atoms with Crippen molar-refractivity contribution in [2.24, 2.45) is 23.7 Å². The van der Waals surface area contributed by atoms with E-state index in [2.05, 4.69) is 55.4 Å². The van der Waals surface area contributed by atoms with E-state index in [-0.39, 0.29) is 25.7 Å². The SMILES string of the molecule is CCC(C)CCCCCCCCCCCCCCCCCCCCC(=O)O[C@H](COC(=O)CCCCCCCCC(C)CC)COP(=O)(O)OC[C@H](O)COP(=O)(O)OC[C@@H](COC(=O)CCCCCCCCCC(C)C)OC(=O)CCCCCCCCCCCC(C)C. The van der Waals surface area contributed by atoms with Crippen LogP contribution in [-0.2, 0) is 65.4 Å². The van der Waals surface area contributed by atoms with Crippen LogP contribution in [-0.4, -0.2) is 96.7 Å². The lowest BCUT2D eigenvalue weighted by Crippen LogP contribution is -2.30. The van der Waals surface area contributed by atoms with Gasteiger partial charge in [-0.05, 0) is 49.4 Å². The van der Waals surface area contributed by atoms with Crippen molar-refractivity contribution in [2.75, 3.05) is 39.6 Å². The van der Waals surface area contributed by atoms with Crippen LogP contribution in [0.2, 0.25) is 0 Å². The highest BCUT2D eigenvalue weighted by molar-refractivity contribution is 7.47. The molecule has 0 aliphatic rings. The molecule has 0 spiro atoms. The molecule has 0 amide bonds. The molecule has 0 saturated carbocycles. The van der Waals surface area contributed by atoms with Crippen molar-refractivity contribution in [3.63, 3.8) is 0 Å². The van der Waals surface area contributed by atoms with Gasteiger partial charge >= 0.3 is 39.5 Å². The maximum Gasteiger partial charge on any atom is 0.472 e. The number of unbranched alkanes of at least 4 members (excludes halogenated alkanes) is 36. The molecular weight excluding hydrogens is 1230 g/mol. The Hall–Kier alpha value is -1.94. The molecule has 0 aromatic carbocycles. The molecule has 0 radical (unpaired) electrons. The molecule has 94 heavy (non-hydrogen) atoms. The molecule has 0 aliphatic carbocycles. The molecule has 0 aliphatic heterocycles. The molecule has 0 heterocycles. The Bertz CT molecular complexity index is 1850. The third-order valence-corrected chi connectivity index (χ3v) is 19.9. The fourth-order valence-corrected chi connectivity index (χ4v) is 12.9. The summed E-state index contributed by atoms with van der Waals surface area (Å²) in [5.74, 6) is 0.917. The average molecular weight is 1380 g/mol. The quantitative estimate of drug-likeness (QED) is 0.0222. The van der Waals surface area contributed by atoms with E-state index in [0.717, 1.165) is 120 Å². The first-order valence-electron chi connectivity index (χ1n) is 38.8. The number of carbonyl (C=O) groups excluding carboxylic acids is 4. The standard InChI is InChI=1S/C75H146O17P2/c1-9-67(7)53-45-37-29-23-19-17-15-13-11-12-14-16-18-20-24-30-41-49-57-74(79)92-71(62-86-73(78)56-48-40-34-33-38-46-54-68(8)10-2)64-90-94(83,84)88-60-69(76)59-87-93(81,82)89-63-70(61-85-72(77)55-47-39-32-26-28-36-44-52-66(5)6)91-75(80)58-50-42-31-25-21-22-27-35-43-51-65(3)4/h65-71,76H,9-64H2,1-8H3,(H,81,82)(H,83,84)/t67?,68?,69-,70-,71-/m1/s1. The first kappa shape index (κ1) is 92.1. The van der Waals surface area contributed by atoms with Gasteiger partial charge in [0.25, 0.3) is 0 Å². The van der Waals surface area contributed by atoms with Crippen molar-refractivity contribution in [1.82, 2.24) is 0 Å². The van der Waals surface area contributed by atoms with Gasteiger partial charge in [0.15, 0.2) is 12.2 Å². The fraction of sp³-hybridized carbons (Fsp3) is 0.947. The summed E-state index contributed by atoms with van der Waals surface area (Å²) < 4.78 is 68.4. The van der Waals surface area contributed by atoms with Crippen LogP contribution >= 0.6 is 15.6 Å². The van der Waals surface area contributed by atoms with Gasteiger partial charge in [-0.2, -0.15) is 0 Å². The lowest BCUT2D eigenvalue weighted by molar-refractivity contribution is -0.161. The van der Waals surface area contributed by atoms with Gasteiger partial charge in [0.2, 0.25) is 0 Å². The number of aliphatic hydroxyl groups is 1. The lowest BCUT2D eigenvalue weighted by atomic mass is 9.99. The summed E-state index contributed by atoms with van der Waals surface area (Å²) in [7, 11) is -9.91. The van der Waals surface area contributed by atoms with E-state index >= 15 is 0 Å². The third-order valence-electron chi connectivity index (χ3n) is 18.0. The molecule has 0 aromatic heterocycles. The molecular formula is C75H146O17P2. The van der Waals surface area contributed by atoms with Crippen LogP contribution < -0.4 is 0 Å². The highest BCUT2D eigenvalue weighted by Gasteiger charge is 2.30. The maximum atomic E-state index is 13.1. The number of aliphatic hydroxyl groups excluding tert-OH is 1. The number of rotatable bonds is 72. The Balaban J connectivity index is 5.16. The van der Waals surface area contributed by atoms with Gasteiger partial charge in [0.05, 0.1) is 26.4 Å². The van der Waals surface area contributed by atoms with E-state index in [1.165, 1.54) is 167 Å². The van der Waals surface area contributed by atoms with Crippen LogP contribution in [0.25, 0.3) is 0 Å². The number of phosphoric ester groups is 2. The smallest absolute Gasteiger partial charge is 0.462 e. The summed E-state index contributed by atoms with van der Waals surface area (Å²) in [5.41, 5.74) is 0. The number of ether oxygens (including phenoxy) is 4. The molecule has 0 aromatic rings. The van der Waals surface area contributed by atoms with Gasteiger partial charge < -0.3 is 33.8 Å². The Kier molecular flexibility index (Phi) is 63.1. The molecule has 7 atom stereocenters. The molecule has 0 saturated heterocycles. The van der Waals surface area contributed by atoms with Gasteiger partial charge in [-0.15, -0.1) is 0 Å². The van der Waals surface area contributed by atoms with E-state index in [0.29, 0.717) is 31.6 Å². The summed E-state index contributed by atoms with van der Waals surface area (Å²) in [4.78, 5) is 72.7. The third kappa shape index (κ3) is 66.0. The Labute approximate surface area is 575 Å². The number of hydrogen-bond acceptors (Lipinski definition) is 15. The van der Waals surface area contributed by atoms with Gasteiger partial charge in [0.1, 0.15) is 19.3 Å². The zero-order valence-electron chi connectivity index (χ0n) is 61.6. The number of hydrogen-bond donors (Lipinski definition) is 3. The lowest BCUT2D eigenvalue weighted by Gasteiger charge is -2.21. The first-order valence-corrected chi connectivity index (χ1v) is 41.8. The van der Waals surface area contributed by atoms with E-state index in [9.17, 15) is 43.2 Å². The van der Waals surface area contributed by atoms with Gasteiger partial charge in [-0.3, -0.25) is 37.3 Å². The van der Waals surface area contributed by atoms with Crippen LogP contribution in [0, 0.1) is 23.7 Å². The largest absolute Gasteiger partial charge is 0.472 e. The van der Waals surface area contributed by atoms with E-state index in [4.69, 9.17) is 37.0 Å². The predicted octanol–water partition coefficient (Wildman–Crippen LogP) is 21.7. The normalized spacial score (nSPS) is 14.7. The second-order valence-corrected chi connectivity index (χ2v) is 31.4. The minimum Gasteiger partial charge on any atom is -0.462 e. The number of phosphoric acid groups is 2. The van der Waals surface area contributed by atoms with Crippen LogP contribution in [0.3, 0.4) is 0 Å². The summed E-state index contributed by atoms with van der Waals surface area (Å²) in [6.07, 6.45) is 48.8. The molecule has 558 valence electrons. The van der Waals surface area contributed by atoms with Crippen molar-refractivity contribution >= 4 is 39.5 Å². The summed E-state index contributed by atoms with van der Waals surface area (Å²) in [6.45, 7) is 14.1. The van der Waals surface area contributed by atoms with Crippen molar-refractivity contribution in [3.8, 4) is 0 Å². The Morgan fingerprint density at radius 1 is 0.298 bits per heavy atom. The molecule has 0 fully saturated rings. The van der Waals surface area contributed by atoms with Gasteiger partial charge in [0, 0.05) is 25.7 Å². The summed E-state index contributed by atoms with van der Waals surface area (Å²) in [5, 5.41) is 10.6. The first-order chi connectivity index (χ1) is 45.2. The van der Waals surface area contributed by atoms with E-state index in [1.54, 1.807) is 0 Å².